The molecule has 0 spiro atoms. The summed E-state index contributed by atoms with van der Waals surface area (Å²) in [6.07, 6.45) is 4.22. The van der Waals surface area contributed by atoms with Crippen LogP contribution in [0.2, 0.25) is 0 Å². The molecule has 132 valence electrons. The fourth-order valence-corrected chi connectivity index (χ4v) is 2.71. The van der Waals surface area contributed by atoms with Crippen molar-refractivity contribution >= 4 is 11.2 Å². The van der Waals surface area contributed by atoms with E-state index < -0.39 is 17.4 Å². The summed E-state index contributed by atoms with van der Waals surface area (Å²) in [6, 6.07) is 3.80. The van der Waals surface area contributed by atoms with Crippen LogP contribution in [0.25, 0.3) is 11.2 Å². The maximum Gasteiger partial charge on any atom is 0.332 e. The van der Waals surface area contributed by atoms with E-state index in [1.54, 1.807) is 24.0 Å². The number of hydrogen-bond acceptors (Lipinski definition) is 6. The molecule has 3 heterocycles. The van der Waals surface area contributed by atoms with Gasteiger partial charge in [0.1, 0.15) is 0 Å². The van der Waals surface area contributed by atoms with E-state index in [9.17, 15) is 14.7 Å². The molecule has 0 saturated heterocycles. The van der Waals surface area contributed by atoms with Gasteiger partial charge < -0.3 is 15.0 Å². The Morgan fingerprint density at radius 2 is 2.08 bits per heavy atom. The second kappa shape index (κ2) is 6.99. The second-order valence-electron chi connectivity index (χ2n) is 5.92. The number of aliphatic hydroxyl groups is 1. The van der Waals surface area contributed by atoms with Gasteiger partial charge in [0.05, 0.1) is 19.0 Å². The number of pyridine rings is 1. The summed E-state index contributed by atoms with van der Waals surface area (Å²) in [4.78, 5) is 32.4. The molecule has 3 rings (SSSR count). The average Bonchev–Trinajstić information content (AvgIpc) is 3.02. The van der Waals surface area contributed by atoms with Crippen molar-refractivity contribution in [1.82, 2.24) is 29.0 Å². The zero-order chi connectivity index (χ0) is 18.0. The first kappa shape index (κ1) is 17.1. The van der Waals surface area contributed by atoms with Crippen molar-refractivity contribution in [2.24, 2.45) is 14.1 Å². The molecule has 0 aromatic carbocycles. The minimum atomic E-state index is -0.712. The Hall–Kier alpha value is -2.78. The number of aromatic nitrogens is 5. The first-order valence-corrected chi connectivity index (χ1v) is 7.87. The van der Waals surface area contributed by atoms with Crippen LogP contribution in [0, 0.1) is 0 Å². The first-order valence-electron chi connectivity index (χ1n) is 7.87. The van der Waals surface area contributed by atoms with E-state index in [-0.39, 0.29) is 6.54 Å². The largest absolute Gasteiger partial charge is 0.390 e. The molecule has 1 unspecified atom stereocenters. The molecule has 3 aromatic heterocycles. The predicted molar refractivity (Wildman–Crippen MR) is 92.2 cm³/mol. The Morgan fingerprint density at radius 3 is 2.80 bits per heavy atom. The molecule has 2 N–H and O–H groups in total. The highest BCUT2D eigenvalue weighted by Gasteiger charge is 2.16. The molecule has 0 aliphatic carbocycles. The maximum atomic E-state index is 12.3. The molecule has 0 aliphatic heterocycles. The van der Waals surface area contributed by atoms with Crippen molar-refractivity contribution in [1.29, 1.82) is 0 Å². The van der Waals surface area contributed by atoms with E-state index in [1.807, 2.05) is 12.1 Å². The van der Waals surface area contributed by atoms with Gasteiger partial charge in [0.15, 0.2) is 11.2 Å². The van der Waals surface area contributed by atoms with Crippen LogP contribution in [0.1, 0.15) is 5.56 Å². The Kier molecular flexibility index (Phi) is 4.77. The minimum absolute atomic E-state index is 0.198. The highest BCUT2D eigenvalue weighted by molar-refractivity contribution is 5.69. The number of aliphatic hydroxyl groups excluding tert-OH is 1. The summed E-state index contributed by atoms with van der Waals surface area (Å²) in [5, 5.41) is 13.4. The topological polar surface area (TPSA) is 107 Å². The van der Waals surface area contributed by atoms with Crippen molar-refractivity contribution < 1.29 is 5.11 Å². The molecule has 0 radical (unpaired) electrons. The summed E-state index contributed by atoms with van der Waals surface area (Å²) in [6.45, 7) is 1.14. The van der Waals surface area contributed by atoms with Gasteiger partial charge >= 0.3 is 5.69 Å². The van der Waals surface area contributed by atoms with Gasteiger partial charge in [-0.25, -0.2) is 9.78 Å². The van der Waals surface area contributed by atoms with Crippen LogP contribution in [-0.2, 0) is 27.2 Å². The lowest BCUT2D eigenvalue weighted by Gasteiger charge is -2.13. The van der Waals surface area contributed by atoms with Gasteiger partial charge in [0.25, 0.3) is 5.56 Å². The maximum absolute atomic E-state index is 12.3. The average molecular weight is 344 g/mol. The van der Waals surface area contributed by atoms with Crippen LogP contribution >= 0.6 is 0 Å². The number of imidazole rings is 1. The fourth-order valence-electron chi connectivity index (χ4n) is 2.71. The summed E-state index contributed by atoms with van der Waals surface area (Å²) >= 11 is 0. The fraction of sp³-hybridized carbons (Fsp3) is 0.375. The molecule has 1 atom stereocenters. The van der Waals surface area contributed by atoms with Crippen LogP contribution in [0.5, 0.6) is 0 Å². The third-order valence-electron chi connectivity index (χ3n) is 4.06. The lowest BCUT2D eigenvalue weighted by molar-refractivity contribution is 0.152. The van der Waals surface area contributed by atoms with Gasteiger partial charge in [-0.05, 0) is 11.6 Å². The van der Waals surface area contributed by atoms with Crippen molar-refractivity contribution in [3.05, 3.63) is 57.3 Å². The van der Waals surface area contributed by atoms with Crippen LogP contribution in [0.3, 0.4) is 0 Å². The zero-order valence-electron chi connectivity index (χ0n) is 14.1. The SMILES string of the molecule is Cn1c(=O)c2c(ncn2CC(O)CNCc2cccnc2)n(C)c1=O. The Labute approximate surface area is 143 Å². The molecule has 0 aliphatic rings. The first-order chi connectivity index (χ1) is 12.0. The molecule has 0 amide bonds. The van der Waals surface area contributed by atoms with E-state index in [2.05, 4.69) is 15.3 Å². The van der Waals surface area contributed by atoms with Crippen molar-refractivity contribution in [3.8, 4) is 0 Å². The number of nitrogens with zero attached hydrogens (tertiary/aromatic N) is 5. The number of fused-ring (bicyclic) bond motifs is 1. The zero-order valence-corrected chi connectivity index (χ0v) is 14.1. The van der Waals surface area contributed by atoms with Crippen LogP contribution in [0.4, 0.5) is 0 Å². The van der Waals surface area contributed by atoms with Crippen LogP contribution in [0.15, 0.2) is 40.4 Å². The van der Waals surface area contributed by atoms with Gasteiger partial charge in [-0.3, -0.25) is 18.9 Å². The number of nitrogens with one attached hydrogen (secondary N) is 1. The summed E-state index contributed by atoms with van der Waals surface area (Å²) in [5.74, 6) is 0. The standard InChI is InChI=1S/C16H20N6O3/c1-20-14-13(15(24)21(2)16(20)25)22(10-19-14)9-12(23)8-18-7-11-4-3-5-17-6-11/h3-6,10,12,18,23H,7-9H2,1-2H3. The van der Waals surface area contributed by atoms with E-state index in [0.29, 0.717) is 24.3 Å². The van der Waals surface area contributed by atoms with Gasteiger partial charge in [-0.1, -0.05) is 6.07 Å². The third-order valence-corrected chi connectivity index (χ3v) is 4.06. The second-order valence-corrected chi connectivity index (χ2v) is 5.92. The van der Waals surface area contributed by atoms with E-state index in [0.717, 1.165) is 10.1 Å². The molecule has 9 nitrogen and oxygen atoms in total. The molecule has 9 heteroatoms. The van der Waals surface area contributed by atoms with E-state index >= 15 is 0 Å². The monoisotopic (exact) mass is 344 g/mol. The van der Waals surface area contributed by atoms with Crippen molar-refractivity contribution in [2.75, 3.05) is 6.54 Å². The quantitative estimate of drug-likeness (QED) is 0.593. The Balaban J connectivity index is 1.72. The smallest absolute Gasteiger partial charge is 0.332 e. The number of rotatable bonds is 6. The van der Waals surface area contributed by atoms with Gasteiger partial charge in [0, 0.05) is 39.6 Å². The number of hydrogen-bond donors (Lipinski definition) is 2. The number of aryl methyl sites for hydroxylation is 1. The molecule has 0 fully saturated rings. The van der Waals surface area contributed by atoms with Gasteiger partial charge in [-0.15, -0.1) is 0 Å². The third kappa shape index (κ3) is 3.37. The molecule has 25 heavy (non-hydrogen) atoms. The van der Waals surface area contributed by atoms with E-state index in [1.165, 1.54) is 17.9 Å². The molecular formula is C16H20N6O3. The minimum Gasteiger partial charge on any atom is -0.390 e. The highest BCUT2D eigenvalue weighted by Crippen LogP contribution is 2.06. The normalized spacial score (nSPS) is 12.6. The van der Waals surface area contributed by atoms with Gasteiger partial charge in [0.2, 0.25) is 0 Å². The summed E-state index contributed by atoms with van der Waals surface area (Å²) in [5.41, 5.74) is 0.777. The molecule has 0 bridgehead atoms. The molecular weight excluding hydrogens is 324 g/mol. The van der Waals surface area contributed by atoms with E-state index in [4.69, 9.17) is 0 Å². The van der Waals surface area contributed by atoms with Crippen molar-refractivity contribution in [2.45, 2.75) is 19.2 Å². The van der Waals surface area contributed by atoms with Crippen molar-refractivity contribution in [3.63, 3.8) is 0 Å². The van der Waals surface area contributed by atoms with Crippen LogP contribution in [-0.4, -0.2) is 41.4 Å². The lowest BCUT2D eigenvalue weighted by atomic mass is 10.2. The summed E-state index contributed by atoms with van der Waals surface area (Å²) in [7, 11) is 2.99. The summed E-state index contributed by atoms with van der Waals surface area (Å²) < 4.78 is 3.93. The Morgan fingerprint density at radius 1 is 1.28 bits per heavy atom. The highest BCUT2D eigenvalue weighted by atomic mass is 16.3. The van der Waals surface area contributed by atoms with Crippen LogP contribution < -0.4 is 16.6 Å². The predicted octanol–water partition coefficient (Wildman–Crippen LogP) is -1.02. The Bertz CT molecular complexity index is 989. The lowest BCUT2D eigenvalue weighted by Crippen LogP contribution is -2.38. The van der Waals surface area contributed by atoms with Gasteiger partial charge in [-0.2, -0.15) is 0 Å². The molecule has 3 aromatic rings. The molecule has 0 saturated carbocycles.